The highest BCUT2D eigenvalue weighted by molar-refractivity contribution is 8.03. The van der Waals surface area contributed by atoms with Crippen LogP contribution in [0.3, 0.4) is 0 Å². The van der Waals surface area contributed by atoms with Crippen LogP contribution in [-0.2, 0) is 4.79 Å². The zero-order chi connectivity index (χ0) is 27.9. The number of benzene rings is 1. The number of allylic oxidation sites excluding steroid dienone is 11. The van der Waals surface area contributed by atoms with Crippen LogP contribution in [-0.4, -0.2) is 24.1 Å². The second-order valence-corrected chi connectivity index (χ2v) is 9.75. The van der Waals surface area contributed by atoms with Crippen molar-refractivity contribution in [1.82, 2.24) is 10.6 Å². The van der Waals surface area contributed by atoms with Gasteiger partial charge in [0.1, 0.15) is 5.83 Å². The first-order chi connectivity index (χ1) is 18.3. The predicted octanol–water partition coefficient (Wildman–Crippen LogP) is 7.59. The minimum Gasteiger partial charge on any atom is -0.355 e. The average Bonchev–Trinajstić information content (AvgIpc) is 3.36. The number of nitrogens with one attached hydrogen (secondary N) is 2. The third-order valence-electron chi connectivity index (χ3n) is 5.54. The Morgan fingerprint density at radius 2 is 2.00 bits per heavy atom. The van der Waals surface area contributed by atoms with Gasteiger partial charge in [0.2, 0.25) is 5.91 Å². The molecule has 2 aliphatic carbocycles. The minimum atomic E-state index is -0.445. The van der Waals surface area contributed by atoms with Crippen molar-refractivity contribution in [2.45, 2.75) is 38.4 Å². The Bertz CT molecular complexity index is 1200. The summed E-state index contributed by atoms with van der Waals surface area (Å²) in [5, 5.41) is 7.93. The van der Waals surface area contributed by atoms with Crippen molar-refractivity contribution >= 4 is 29.1 Å². The van der Waals surface area contributed by atoms with E-state index in [1.165, 1.54) is 24.6 Å². The fourth-order valence-electron chi connectivity index (χ4n) is 3.77. The van der Waals surface area contributed by atoms with Crippen molar-refractivity contribution < 1.29 is 14.0 Å². The van der Waals surface area contributed by atoms with Gasteiger partial charge in [-0.05, 0) is 53.7 Å². The van der Waals surface area contributed by atoms with Gasteiger partial charge in [0.05, 0.1) is 0 Å². The molecule has 200 valence electrons. The molecule has 1 aromatic carbocycles. The van der Waals surface area contributed by atoms with Crippen LogP contribution in [0.2, 0.25) is 0 Å². The molecule has 0 bridgehead atoms. The maximum Gasteiger partial charge on any atom is 0.255 e. The summed E-state index contributed by atoms with van der Waals surface area (Å²) in [7, 11) is 1.66. The van der Waals surface area contributed by atoms with Gasteiger partial charge in [0.15, 0.2) is 0 Å². The monoisotopic (exact) mass is 532 g/mol. The summed E-state index contributed by atoms with van der Waals surface area (Å²) in [6.07, 6.45) is 19.6. The molecule has 1 aromatic rings. The molecule has 0 fully saturated rings. The summed E-state index contributed by atoms with van der Waals surface area (Å²) in [5.41, 5.74) is 4.39. The molecule has 2 N–H and O–H groups in total. The van der Waals surface area contributed by atoms with Crippen LogP contribution in [0, 0.1) is 5.92 Å². The number of carbonyl (C=O) groups is 2. The van der Waals surface area contributed by atoms with Crippen LogP contribution < -0.4 is 10.6 Å². The zero-order valence-electron chi connectivity index (χ0n) is 22.4. The number of thioether (sulfide) groups is 1. The molecule has 2 unspecified atom stereocenters. The number of hydrogen-bond acceptors (Lipinski definition) is 3. The summed E-state index contributed by atoms with van der Waals surface area (Å²) in [6, 6.07) is 7.64. The summed E-state index contributed by atoms with van der Waals surface area (Å²) < 4.78 is 11.6. The number of rotatable bonds is 6. The van der Waals surface area contributed by atoms with Crippen LogP contribution in [0.25, 0.3) is 5.57 Å². The van der Waals surface area contributed by atoms with Gasteiger partial charge in [-0.2, -0.15) is 0 Å². The molecule has 1 heterocycles. The van der Waals surface area contributed by atoms with Crippen molar-refractivity contribution in [3.05, 3.63) is 126 Å². The zero-order valence-corrected chi connectivity index (χ0v) is 23.2. The molecule has 0 spiro atoms. The van der Waals surface area contributed by atoms with Crippen LogP contribution in [0.15, 0.2) is 115 Å². The summed E-state index contributed by atoms with van der Waals surface area (Å²) in [6.45, 7) is 10.6. The van der Waals surface area contributed by atoms with Gasteiger partial charge in [-0.1, -0.05) is 88.1 Å². The van der Waals surface area contributed by atoms with Crippen LogP contribution in [0.1, 0.15) is 49.0 Å². The number of fused-ring (bicyclic) bond motifs is 1. The van der Waals surface area contributed by atoms with Crippen molar-refractivity contribution in [2.75, 3.05) is 7.05 Å². The second kappa shape index (κ2) is 16.3. The summed E-state index contributed by atoms with van der Waals surface area (Å²) in [5.74, 6) is -0.514. The Kier molecular flexibility index (Phi) is 13.1. The molecule has 0 saturated carbocycles. The van der Waals surface area contributed by atoms with E-state index in [0.717, 1.165) is 35.2 Å². The normalized spacial score (nSPS) is 18.9. The van der Waals surface area contributed by atoms with Crippen molar-refractivity contribution in [3.8, 4) is 0 Å². The molecular weight excluding hydrogens is 495 g/mol. The lowest BCUT2D eigenvalue weighted by Crippen LogP contribution is -2.26. The van der Waals surface area contributed by atoms with Gasteiger partial charge in [0, 0.05) is 35.0 Å². The van der Waals surface area contributed by atoms with Gasteiger partial charge in [0.25, 0.3) is 5.91 Å². The van der Waals surface area contributed by atoms with Gasteiger partial charge in [-0.3, -0.25) is 9.59 Å². The van der Waals surface area contributed by atoms with Crippen molar-refractivity contribution in [3.63, 3.8) is 0 Å². The van der Waals surface area contributed by atoms with E-state index < -0.39 is 5.83 Å². The van der Waals surface area contributed by atoms with E-state index in [2.05, 4.69) is 61.9 Å². The van der Waals surface area contributed by atoms with Crippen LogP contribution >= 0.6 is 11.8 Å². The summed E-state index contributed by atoms with van der Waals surface area (Å²) in [4.78, 5) is 24.8. The first kappa shape index (κ1) is 30.6. The smallest absolute Gasteiger partial charge is 0.255 e. The molecule has 2 atom stereocenters. The van der Waals surface area contributed by atoms with Gasteiger partial charge in [-0.15, -0.1) is 11.8 Å². The molecule has 0 aromatic heterocycles. The molecule has 3 aliphatic rings. The fraction of sp³-hybridized carbons (Fsp3) is 0.250. The average molecular weight is 533 g/mol. The minimum absolute atomic E-state index is 0.0335. The molecule has 2 amide bonds. The highest BCUT2D eigenvalue weighted by Crippen LogP contribution is 2.42. The number of hydrogen-bond donors (Lipinski definition) is 2. The molecule has 0 radical (unpaired) electrons. The van der Waals surface area contributed by atoms with Gasteiger partial charge < -0.3 is 10.6 Å². The third kappa shape index (κ3) is 9.34. The Balaban J connectivity index is 0.000000436. The Labute approximate surface area is 230 Å². The molecule has 38 heavy (non-hydrogen) atoms. The molecule has 4 rings (SSSR count). The number of likely N-dealkylation sites (N-methyl/N-ethyl adjacent to an activating group) is 1. The van der Waals surface area contributed by atoms with Crippen molar-refractivity contribution in [1.29, 1.82) is 0 Å². The molecular formula is C32H37FN2O2S. The maximum atomic E-state index is 12.6. The van der Waals surface area contributed by atoms with Crippen LogP contribution in [0.4, 0.5) is 4.39 Å². The molecule has 0 saturated heterocycles. The molecule has 1 aliphatic heterocycles. The predicted molar refractivity (Wildman–Crippen MR) is 160 cm³/mol. The largest absolute Gasteiger partial charge is 0.355 e. The van der Waals surface area contributed by atoms with E-state index in [9.17, 15) is 14.0 Å². The lowest BCUT2D eigenvalue weighted by Gasteiger charge is -2.21. The van der Waals surface area contributed by atoms with E-state index >= 15 is 0 Å². The Morgan fingerprint density at radius 3 is 2.61 bits per heavy atom. The number of carbonyl (C=O) groups excluding carboxylic acids is 2. The Morgan fingerprint density at radius 1 is 1.24 bits per heavy atom. The highest BCUT2D eigenvalue weighted by Gasteiger charge is 2.33. The number of amides is 2. The van der Waals surface area contributed by atoms with E-state index in [4.69, 9.17) is 0 Å². The fourth-order valence-corrected chi connectivity index (χ4v) is 4.90. The topological polar surface area (TPSA) is 58.2 Å². The van der Waals surface area contributed by atoms with Gasteiger partial charge in [-0.25, -0.2) is 4.39 Å². The summed E-state index contributed by atoms with van der Waals surface area (Å²) >= 11 is 1.67. The quantitative estimate of drug-likeness (QED) is 0.371. The first-order valence-corrected chi connectivity index (χ1v) is 13.7. The maximum absolute atomic E-state index is 12.6. The standard InChI is InChI=1S/C23H22N2O2S.C6H7F.C3H8/c1-24-23(27)20-14-28-21-11-10-16(13-19(20)21)15-6-5-7-17(12-15)22(26)25-18-8-3-2-4-9-18;1-3-4-5-6(2)7;1-3-2/h2-3,5-8,10-14,19,21H,4,9H2,1H3,(H,24,27)(H,25,26);3-5H,1-2H2;3H2,1-2H3/b;5-4-;. The number of halogens is 1. The van der Waals surface area contributed by atoms with Gasteiger partial charge >= 0.3 is 0 Å². The van der Waals surface area contributed by atoms with Crippen molar-refractivity contribution in [2.24, 2.45) is 5.92 Å². The van der Waals surface area contributed by atoms with E-state index in [1.807, 2.05) is 41.8 Å². The van der Waals surface area contributed by atoms with E-state index in [-0.39, 0.29) is 23.0 Å². The lowest BCUT2D eigenvalue weighted by molar-refractivity contribution is -0.117. The van der Waals surface area contributed by atoms with E-state index in [1.54, 1.807) is 18.8 Å². The molecule has 6 heteroatoms. The third-order valence-corrected chi connectivity index (χ3v) is 6.69. The Hall–Kier alpha value is -3.64. The molecule has 4 nitrogen and oxygen atoms in total. The van der Waals surface area contributed by atoms with E-state index in [0.29, 0.717) is 5.56 Å². The van der Waals surface area contributed by atoms with Crippen LogP contribution in [0.5, 0.6) is 0 Å². The highest BCUT2D eigenvalue weighted by atomic mass is 32.2. The SMILES string of the molecule is C=C/C=C\C(=C)F.CCC.CNC(=O)C1=CSC2C=CC(c3cccc(C(=O)NC4=CC=CCC4)c3)=CC12. The second-order valence-electron chi connectivity index (χ2n) is 8.70. The lowest BCUT2D eigenvalue weighted by atomic mass is 9.87. The first-order valence-electron chi connectivity index (χ1n) is 12.7.